The predicted octanol–water partition coefficient (Wildman–Crippen LogP) is 3.86. The van der Waals surface area contributed by atoms with Crippen molar-refractivity contribution >= 4 is 35.0 Å². The van der Waals surface area contributed by atoms with Crippen LogP contribution in [0.5, 0.6) is 11.5 Å². The van der Waals surface area contributed by atoms with E-state index in [1.54, 1.807) is 45.2 Å². The van der Waals surface area contributed by atoms with E-state index in [9.17, 15) is 9.59 Å². The number of nitrogens with zero attached hydrogens (tertiary/aromatic N) is 2. The van der Waals surface area contributed by atoms with Crippen molar-refractivity contribution in [2.24, 2.45) is 4.99 Å². The van der Waals surface area contributed by atoms with Crippen LogP contribution in [0.1, 0.15) is 37.9 Å². The van der Waals surface area contributed by atoms with Crippen LogP contribution in [-0.2, 0) is 9.53 Å². The van der Waals surface area contributed by atoms with E-state index in [0.29, 0.717) is 49.3 Å². The number of aromatic nitrogens is 1. The molecule has 1 aliphatic rings. The first-order valence-corrected chi connectivity index (χ1v) is 12.3. The van der Waals surface area contributed by atoms with Crippen molar-refractivity contribution in [2.45, 2.75) is 26.8 Å². The van der Waals surface area contributed by atoms with Gasteiger partial charge in [0.1, 0.15) is 0 Å². The van der Waals surface area contributed by atoms with Gasteiger partial charge in [-0.3, -0.25) is 9.36 Å². The number of rotatable bonds is 7. The number of methoxy groups -OCH3 is 1. The van der Waals surface area contributed by atoms with Crippen molar-refractivity contribution in [1.29, 1.82) is 0 Å². The lowest BCUT2D eigenvalue weighted by Gasteiger charge is -2.25. The van der Waals surface area contributed by atoms with E-state index in [4.69, 9.17) is 25.8 Å². The first-order chi connectivity index (χ1) is 16.9. The van der Waals surface area contributed by atoms with E-state index in [1.807, 2.05) is 31.2 Å². The summed E-state index contributed by atoms with van der Waals surface area (Å²) in [4.78, 5) is 31.8. The number of esters is 1. The molecule has 35 heavy (non-hydrogen) atoms. The molecule has 0 saturated carbocycles. The summed E-state index contributed by atoms with van der Waals surface area (Å²) in [7, 11) is 1.56. The zero-order valence-corrected chi connectivity index (χ0v) is 21.4. The van der Waals surface area contributed by atoms with Crippen LogP contribution in [0.3, 0.4) is 0 Å². The number of ether oxygens (including phenoxy) is 3. The minimum absolute atomic E-state index is 0.200. The third kappa shape index (κ3) is 4.76. The van der Waals surface area contributed by atoms with E-state index in [0.717, 1.165) is 5.56 Å². The summed E-state index contributed by atoms with van der Waals surface area (Å²) in [6, 6.07) is 11.9. The maximum atomic E-state index is 13.7. The summed E-state index contributed by atoms with van der Waals surface area (Å²) in [5, 5.41) is 0.537. The molecule has 0 N–H and O–H groups in total. The summed E-state index contributed by atoms with van der Waals surface area (Å²) in [5.41, 5.74) is 1.92. The molecule has 0 saturated heterocycles. The molecule has 0 amide bonds. The van der Waals surface area contributed by atoms with E-state index in [1.165, 1.54) is 15.9 Å². The molecule has 0 spiro atoms. The topological polar surface area (TPSA) is 79.1 Å². The van der Waals surface area contributed by atoms with Crippen LogP contribution in [0, 0.1) is 0 Å². The van der Waals surface area contributed by atoms with Crippen molar-refractivity contribution in [3.63, 3.8) is 0 Å². The predicted molar refractivity (Wildman–Crippen MR) is 136 cm³/mol. The number of halogens is 1. The molecule has 0 bridgehead atoms. The monoisotopic (exact) mass is 512 g/mol. The minimum Gasteiger partial charge on any atom is -0.493 e. The molecule has 0 aliphatic carbocycles. The van der Waals surface area contributed by atoms with Gasteiger partial charge in [0.05, 0.1) is 42.2 Å². The highest BCUT2D eigenvalue weighted by Gasteiger charge is 2.34. The Labute approximate surface area is 211 Å². The number of thiazole rings is 1. The molecule has 0 fully saturated rings. The Morgan fingerprint density at radius 3 is 2.63 bits per heavy atom. The van der Waals surface area contributed by atoms with Crippen molar-refractivity contribution in [2.75, 3.05) is 20.3 Å². The highest BCUT2D eigenvalue weighted by molar-refractivity contribution is 7.07. The normalized spacial score (nSPS) is 15.5. The Kier molecular flexibility index (Phi) is 7.42. The molecule has 1 aliphatic heterocycles. The molecule has 7 nitrogen and oxygen atoms in total. The van der Waals surface area contributed by atoms with E-state index >= 15 is 0 Å². The Hall–Kier alpha value is -3.36. The van der Waals surface area contributed by atoms with Crippen LogP contribution in [-0.4, -0.2) is 30.9 Å². The Balaban J connectivity index is 1.98. The molecule has 1 atom stereocenters. The molecule has 2 heterocycles. The SMILES string of the molecule is CCOC(=O)C1=C(C)N=c2s/c(=C/c3ccccc3Cl)c(=O)n2C1c1ccc(OC)c(OCC)c1. The number of hydrogen-bond acceptors (Lipinski definition) is 7. The van der Waals surface area contributed by atoms with Gasteiger partial charge >= 0.3 is 5.97 Å². The highest BCUT2D eigenvalue weighted by Crippen LogP contribution is 2.36. The molecule has 182 valence electrons. The van der Waals surface area contributed by atoms with Gasteiger partial charge in [-0.15, -0.1) is 0 Å². The second-order valence-corrected chi connectivity index (χ2v) is 9.08. The fourth-order valence-corrected chi connectivity index (χ4v) is 5.20. The molecule has 1 unspecified atom stereocenters. The number of fused-ring (bicyclic) bond motifs is 1. The molecular weight excluding hydrogens is 488 g/mol. The van der Waals surface area contributed by atoms with Crippen LogP contribution < -0.4 is 24.4 Å². The summed E-state index contributed by atoms with van der Waals surface area (Å²) in [5.74, 6) is 0.552. The number of hydrogen-bond donors (Lipinski definition) is 0. The smallest absolute Gasteiger partial charge is 0.338 e. The zero-order chi connectivity index (χ0) is 25.1. The van der Waals surface area contributed by atoms with Gasteiger partial charge < -0.3 is 14.2 Å². The fourth-order valence-electron chi connectivity index (χ4n) is 3.97. The van der Waals surface area contributed by atoms with Crippen LogP contribution in [0.2, 0.25) is 5.02 Å². The Bertz CT molecular complexity index is 1490. The third-order valence-corrected chi connectivity index (χ3v) is 6.84. The minimum atomic E-state index is -0.746. The second kappa shape index (κ2) is 10.5. The average Bonchev–Trinajstić information content (AvgIpc) is 3.14. The van der Waals surface area contributed by atoms with Crippen molar-refractivity contribution in [3.05, 3.63) is 89.6 Å². The third-order valence-electron chi connectivity index (χ3n) is 5.51. The van der Waals surface area contributed by atoms with Gasteiger partial charge in [-0.05, 0) is 56.2 Å². The van der Waals surface area contributed by atoms with E-state index < -0.39 is 12.0 Å². The lowest BCUT2D eigenvalue weighted by Crippen LogP contribution is -2.40. The first kappa shape index (κ1) is 24.8. The van der Waals surface area contributed by atoms with E-state index in [2.05, 4.69) is 4.99 Å². The molecular formula is C26H25ClN2O5S. The van der Waals surface area contributed by atoms with Gasteiger partial charge in [0, 0.05) is 5.02 Å². The number of carbonyl (C=O) groups excluding carboxylic acids is 1. The number of allylic oxidation sites excluding steroid dienone is 1. The summed E-state index contributed by atoms with van der Waals surface area (Å²) >= 11 is 7.57. The maximum Gasteiger partial charge on any atom is 0.338 e. The molecule has 2 aromatic carbocycles. The zero-order valence-electron chi connectivity index (χ0n) is 19.8. The van der Waals surface area contributed by atoms with Crippen molar-refractivity contribution < 1.29 is 19.0 Å². The summed E-state index contributed by atoms with van der Waals surface area (Å²) in [6.07, 6.45) is 1.74. The quantitative estimate of drug-likeness (QED) is 0.449. The van der Waals surface area contributed by atoms with Crippen LogP contribution >= 0.6 is 22.9 Å². The van der Waals surface area contributed by atoms with Gasteiger partial charge in [-0.25, -0.2) is 9.79 Å². The van der Waals surface area contributed by atoms with Crippen LogP contribution in [0.15, 0.2) is 63.5 Å². The van der Waals surface area contributed by atoms with Gasteiger partial charge in [-0.1, -0.05) is 47.2 Å². The largest absolute Gasteiger partial charge is 0.493 e. The molecule has 9 heteroatoms. The van der Waals surface area contributed by atoms with Crippen LogP contribution in [0.4, 0.5) is 0 Å². The fraction of sp³-hybridized carbons (Fsp3) is 0.269. The summed E-state index contributed by atoms with van der Waals surface area (Å²) in [6.45, 7) is 5.99. The van der Waals surface area contributed by atoms with Gasteiger partial charge in [0.2, 0.25) is 0 Å². The Morgan fingerprint density at radius 1 is 1.17 bits per heavy atom. The summed E-state index contributed by atoms with van der Waals surface area (Å²) < 4.78 is 18.5. The second-order valence-electron chi connectivity index (χ2n) is 7.67. The van der Waals surface area contributed by atoms with Crippen molar-refractivity contribution in [3.8, 4) is 11.5 Å². The highest BCUT2D eigenvalue weighted by atomic mass is 35.5. The van der Waals surface area contributed by atoms with Gasteiger partial charge in [-0.2, -0.15) is 0 Å². The number of carbonyl (C=O) groups is 1. The lowest BCUT2D eigenvalue weighted by molar-refractivity contribution is -0.139. The molecule has 1 aromatic heterocycles. The van der Waals surface area contributed by atoms with Crippen molar-refractivity contribution in [1.82, 2.24) is 4.57 Å². The Morgan fingerprint density at radius 2 is 1.94 bits per heavy atom. The molecule has 3 aromatic rings. The van der Waals surface area contributed by atoms with E-state index in [-0.39, 0.29) is 12.2 Å². The maximum absolute atomic E-state index is 13.7. The average molecular weight is 513 g/mol. The number of benzene rings is 2. The first-order valence-electron chi connectivity index (χ1n) is 11.1. The molecule has 4 rings (SSSR count). The standard InChI is InChI=1S/C26H25ClN2O5S/c1-5-33-20-13-17(11-12-19(20)32-4)23-22(25(31)34-6-2)15(3)28-26-29(23)24(30)21(35-26)14-16-9-7-8-10-18(16)27/h7-14,23H,5-6H2,1-4H3/b21-14+. The lowest BCUT2D eigenvalue weighted by atomic mass is 9.95. The molecule has 0 radical (unpaired) electrons. The van der Waals surface area contributed by atoms with Gasteiger partial charge in [0.15, 0.2) is 16.3 Å². The van der Waals surface area contributed by atoms with Crippen LogP contribution in [0.25, 0.3) is 6.08 Å². The van der Waals surface area contributed by atoms with Gasteiger partial charge in [0.25, 0.3) is 5.56 Å².